The number of fused-ring (bicyclic) bond motifs is 1. The molecule has 4 nitrogen and oxygen atoms in total. The number of rotatable bonds is 3. The Kier molecular flexibility index (Phi) is 3.60. The fraction of sp³-hybridized carbons (Fsp3) is 0.118. The predicted octanol–water partition coefficient (Wildman–Crippen LogP) is 3.18. The van der Waals surface area contributed by atoms with Crippen molar-refractivity contribution >= 4 is 22.5 Å². The highest BCUT2D eigenvalue weighted by Crippen LogP contribution is 2.22. The molecule has 0 saturated carbocycles. The van der Waals surface area contributed by atoms with Crippen LogP contribution in [0.5, 0.6) is 0 Å². The number of anilines is 1. The molecule has 0 spiro atoms. The molecule has 104 valence electrons. The van der Waals surface area contributed by atoms with E-state index in [1.54, 1.807) is 18.0 Å². The highest BCUT2D eigenvalue weighted by molar-refractivity contribution is 5.94. The molecular formula is C17H15N3O. The Bertz CT molecular complexity index is 771. The molecule has 0 aliphatic heterocycles. The van der Waals surface area contributed by atoms with Crippen molar-refractivity contribution in [1.29, 1.82) is 0 Å². The first-order chi connectivity index (χ1) is 10.2. The summed E-state index contributed by atoms with van der Waals surface area (Å²) in [6.45, 7) is 2.13. The van der Waals surface area contributed by atoms with Crippen molar-refractivity contribution < 1.29 is 4.79 Å². The lowest BCUT2D eigenvalue weighted by molar-refractivity contribution is -0.116. The Balaban J connectivity index is 1.97. The van der Waals surface area contributed by atoms with E-state index in [2.05, 4.69) is 9.97 Å². The Morgan fingerprint density at radius 3 is 2.71 bits per heavy atom. The fourth-order valence-electron chi connectivity index (χ4n) is 2.29. The van der Waals surface area contributed by atoms with Crippen LogP contribution in [0.15, 0.2) is 61.1 Å². The largest absolute Gasteiger partial charge is 0.308 e. The SMILES string of the molecule is CC(=O)N(Cc1ccccc1)c1ccc2ncncc2c1. The normalized spacial score (nSPS) is 10.5. The van der Waals surface area contributed by atoms with E-state index in [1.807, 2.05) is 48.5 Å². The van der Waals surface area contributed by atoms with Gasteiger partial charge in [-0.1, -0.05) is 30.3 Å². The zero-order chi connectivity index (χ0) is 14.7. The van der Waals surface area contributed by atoms with Crippen LogP contribution in [-0.2, 0) is 11.3 Å². The third-order valence-electron chi connectivity index (χ3n) is 3.36. The first-order valence-corrected chi connectivity index (χ1v) is 6.76. The highest BCUT2D eigenvalue weighted by atomic mass is 16.2. The Hall–Kier alpha value is -2.75. The molecule has 1 aromatic heterocycles. The quantitative estimate of drug-likeness (QED) is 0.738. The molecule has 0 fully saturated rings. The molecule has 4 heteroatoms. The van der Waals surface area contributed by atoms with E-state index in [0.29, 0.717) is 6.54 Å². The molecule has 21 heavy (non-hydrogen) atoms. The molecule has 0 radical (unpaired) electrons. The van der Waals surface area contributed by atoms with Gasteiger partial charge in [0.25, 0.3) is 0 Å². The van der Waals surface area contributed by atoms with Gasteiger partial charge in [0, 0.05) is 24.2 Å². The third kappa shape index (κ3) is 2.89. The van der Waals surface area contributed by atoms with Crippen LogP contribution in [-0.4, -0.2) is 15.9 Å². The molecule has 0 bridgehead atoms. The lowest BCUT2D eigenvalue weighted by Crippen LogP contribution is -2.27. The van der Waals surface area contributed by atoms with Gasteiger partial charge in [0.05, 0.1) is 12.1 Å². The van der Waals surface area contributed by atoms with Crippen LogP contribution >= 0.6 is 0 Å². The van der Waals surface area contributed by atoms with E-state index >= 15 is 0 Å². The number of nitrogens with zero attached hydrogens (tertiary/aromatic N) is 3. The zero-order valence-corrected chi connectivity index (χ0v) is 11.7. The fourth-order valence-corrected chi connectivity index (χ4v) is 2.29. The third-order valence-corrected chi connectivity index (χ3v) is 3.36. The van der Waals surface area contributed by atoms with E-state index in [1.165, 1.54) is 6.33 Å². The van der Waals surface area contributed by atoms with Gasteiger partial charge in [0.15, 0.2) is 0 Å². The molecule has 0 unspecified atom stereocenters. The van der Waals surface area contributed by atoms with E-state index < -0.39 is 0 Å². The maximum Gasteiger partial charge on any atom is 0.224 e. The number of carbonyl (C=O) groups excluding carboxylic acids is 1. The minimum absolute atomic E-state index is 0.00931. The number of hydrogen-bond acceptors (Lipinski definition) is 3. The Labute approximate surface area is 123 Å². The van der Waals surface area contributed by atoms with E-state index in [0.717, 1.165) is 22.2 Å². The second-order valence-electron chi connectivity index (χ2n) is 4.86. The molecule has 3 rings (SSSR count). The molecule has 0 aliphatic carbocycles. The lowest BCUT2D eigenvalue weighted by Gasteiger charge is -2.21. The van der Waals surface area contributed by atoms with Gasteiger partial charge in [-0.3, -0.25) is 4.79 Å². The highest BCUT2D eigenvalue weighted by Gasteiger charge is 2.12. The van der Waals surface area contributed by atoms with Crippen LogP contribution in [0.25, 0.3) is 10.9 Å². The summed E-state index contributed by atoms with van der Waals surface area (Å²) in [6.07, 6.45) is 3.28. The van der Waals surface area contributed by atoms with Crippen molar-refractivity contribution in [3.05, 3.63) is 66.6 Å². The number of amides is 1. The van der Waals surface area contributed by atoms with Gasteiger partial charge in [0.1, 0.15) is 6.33 Å². The lowest BCUT2D eigenvalue weighted by atomic mass is 10.1. The van der Waals surface area contributed by atoms with E-state index in [-0.39, 0.29) is 5.91 Å². The second kappa shape index (κ2) is 5.71. The predicted molar refractivity (Wildman–Crippen MR) is 82.8 cm³/mol. The molecule has 1 amide bonds. The summed E-state index contributed by atoms with van der Waals surface area (Å²) in [5, 5.41) is 0.925. The number of carbonyl (C=O) groups is 1. The van der Waals surface area contributed by atoms with Gasteiger partial charge >= 0.3 is 0 Å². The number of benzene rings is 2. The molecule has 1 heterocycles. The van der Waals surface area contributed by atoms with Crippen LogP contribution in [0.1, 0.15) is 12.5 Å². The second-order valence-corrected chi connectivity index (χ2v) is 4.86. The standard InChI is InChI=1S/C17H15N3O/c1-13(21)20(11-14-5-3-2-4-6-14)16-7-8-17-15(9-16)10-18-12-19-17/h2-10,12H,11H2,1H3. The van der Waals surface area contributed by atoms with Crippen LogP contribution in [0.3, 0.4) is 0 Å². The topological polar surface area (TPSA) is 46.1 Å². The van der Waals surface area contributed by atoms with Crippen molar-refractivity contribution in [2.75, 3.05) is 4.90 Å². The number of aromatic nitrogens is 2. The monoisotopic (exact) mass is 277 g/mol. The van der Waals surface area contributed by atoms with Crippen molar-refractivity contribution in [2.24, 2.45) is 0 Å². The number of hydrogen-bond donors (Lipinski definition) is 0. The van der Waals surface area contributed by atoms with E-state index in [4.69, 9.17) is 0 Å². The van der Waals surface area contributed by atoms with Crippen LogP contribution in [0, 0.1) is 0 Å². The van der Waals surface area contributed by atoms with Crippen LogP contribution in [0.2, 0.25) is 0 Å². The van der Waals surface area contributed by atoms with Crippen molar-refractivity contribution in [3.8, 4) is 0 Å². The van der Waals surface area contributed by atoms with Crippen LogP contribution in [0.4, 0.5) is 5.69 Å². The molecule has 0 aliphatic rings. The molecule has 3 aromatic rings. The van der Waals surface area contributed by atoms with Gasteiger partial charge in [-0.05, 0) is 23.8 Å². The zero-order valence-electron chi connectivity index (χ0n) is 11.7. The molecule has 0 N–H and O–H groups in total. The average Bonchev–Trinajstić information content (AvgIpc) is 2.53. The van der Waals surface area contributed by atoms with Crippen molar-refractivity contribution in [2.45, 2.75) is 13.5 Å². The maximum absolute atomic E-state index is 12.0. The summed E-state index contributed by atoms with van der Waals surface area (Å²) in [7, 11) is 0. The Morgan fingerprint density at radius 1 is 1.14 bits per heavy atom. The molecule has 0 saturated heterocycles. The average molecular weight is 277 g/mol. The Morgan fingerprint density at radius 2 is 1.95 bits per heavy atom. The maximum atomic E-state index is 12.0. The first kappa shape index (κ1) is 13.2. The van der Waals surface area contributed by atoms with Gasteiger partial charge in [0.2, 0.25) is 5.91 Å². The molecule has 2 aromatic carbocycles. The van der Waals surface area contributed by atoms with Gasteiger partial charge in [-0.15, -0.1) is 0 Å². The van der Waals surface area contributed by atoms with Crippen molar-refractivity contribution in [1.82, 2.24) is 9.97 Å². The summed E-state index contributed by atoms with van der Waals surface area (Å²) in [4.78, 5) is 22.0. The summed E-state index contributed by atoms with van der Waals surface area (Å²) in [5.74, 6) is 0.00931. The summed E-state index contributed by atoms with van der Waals surface area (Å²) < 4.78 is 0. The molecular weight excluding hydrogens is 262 g/mol. The summed E-state index contributed by atoms with van der Waals surface area (Å²) >= 11 is 0. The van der Waals surface area contributed by atoms with Crippen molar-refractivity contribution in [3.63, 3.8) is 0 Å². The van der Waals surface area contributed by atoms with Gasteiger partial charge in [-0.25, -0.2) is 9.97 Å². The van der Waals surface area contributed by atoms with Gasteiger partial charge < -0.3 is 4.90 Å². The first-order valence-electron chi connectivity index (χ1n) is 6.76. The van der Waals surface area contributed by atoms with Crippen LogP contribution < -0.4 is 4.90 Å². The summed E-state index contributed by atoms with van der Waals surface area (Å²) in [5.41, 5.74) is 2.82. The smallest absolute Gasteiger partial charge is 0.224 e. The minimum Gasteiger partial charge on any atom is -0.308 e. The minimum atomic E-state index is 0.00931. The van der Waals surface area contributed by atoms with E-state index in [9.17, 15) is 4.79 Å². The molecule has 0 atom stereocenters. The summed E-state index contributed by atoms with van der Waals surface area (Å²) in [6, 6.07) is 15.7. The van der Waals surface area contributed by atoms with Gasteiger partial charge in [-0.2, -0.15) is 0 Å².